The van der Waals surface area contributed by atoms with E-state index < -0.39 is 0 Å². The molecule has 0 aliphatic heterocycles. The third kappa shape index (κ3) is 3.29. The number of nitrogens with zero attached hydrogens (tertiary/aromatic N) is 4. The van der Waals surface area contributed by atoms with Gasteiger partial charge in [0.25, 0.3) is 0 Å². The van der Waals surface area contributed by atoms with Crippen LogP contribution in [0, 0.1) is 0 Å². The maximum absolute atomic E-state index is 11.1. The number of fused-ring (bicyclic) bond motifs is 2. The maximum atomic E-state index is 11.1. The van der Waals surface area contributed by atoms with Gasteiger partial charge in [0, 0.05) is 17.8 Å². The molecule has 3 heterocycles. The number of nitrogens with two attached hydrogens (primary N) is 1. The molecule has 3 N–H and O–H groups in total. The fourth-order valence-corrected chi connectivity index (χ4v) is 4.34. The standard InChI is InChI=1S/C19H20N6O2S/c1-3-12-13-6-4-5-7-14(13)23-18(12)28-19-24-15-16(20)21-10-22-17(15)25(19)8-9-27-11(2)26/h4-7,10,23H,3,8-9H2,1-2H3,(H2,20,21,22). The number of imidazole rings is 1. The molecule has 0 fully saturated rings. The first-order valence-electron chi connectivity index (χ1n) is 8.96. The lowest BCUT2D eigenvalue weighted by Crippen LogP contribution is -2.10. The Morgan fingerprint density at radius 1 is 1.32 bits per heavy atom. The van der Waals surface area contributed by atoms with Gasteiger partial charge in [-0.3, -0.25) is 9.36 Å². The molecule has 9 heteroatoms. The smallest absolute Gasteiger partial charge is 0.302 e. The molecule has 0 saturated carbocycles. The lowest BCUT2D eigenvalue weighted by Gasteiger charge is -2.08. The first kappa shape index (κ1) is 18.3. The number of aryl methyl sites for hydroxylation is 1. The van der Waals surface area contributed by atoms with Crippen molar-refractivity contribution in [2.75, 3.05) is 12.3 Å². The Morgan fingerprint density at radius 2 is 2.14 bits per heavy atom. The first-order chi connectivity index (χ1) is 13.6. The van der Waals surface area contributed by atoms with Crippen LogP contribution < -0.4 is 5.73 Å². The molecule has 4 rings (SSSR count). The van der Waals surface area contributed by atoms with E-state index in [1.54, 1.807) is 0 Å². The number of hydrogen-bond acceptors (Lipinski definition) is 7. The number of aromatic amines is 1. The number of nitrogens with one attached hydrogen (secondary N) is 1. The predicted octanol–water partition coefficient (Wildman–Crippen LogP) is 3.17. The molecule has 4 aromatic rings. The Hall–Kier alpha value is -3.07. The van der Waals surface area contributed by atoms with Crippen LogP contribution in [0.1, 0.15) is 19.4 Å². The van der Waals surface area contributed by atoms with Crippen LogP contribution in [0.25, 0.3) is 22.1 Å². The Balaban J connectivity index is 1.77. The summed E-state index contributed by atoms with van der Waals surface area (Å²) in [7, 11) is 0. The van der Waals surface area contributed by atoms with E-state index in [-0.39, 0.29) is 12.6 Å². The zero-order valence-corrected chi connectivity index (χ0v) is 16.4. The number of carbonyl (C=O) groups excluding carboxylic acids is 1. The largest absolute Gasteiger partial charge is 0.464 e. The second-order valence-corrected chi connectivity index (χ2v) is 7.23. The minimum atomic E-state index is -0.323. The van der Waals surface area contributed by atoms with Crippen LogP contribution in [0.5, 0.6) is 0 Å². The van der Waals surface area contributed by atoms with Crippen LogP contribution in [-0.4, -0.2) is 37.1 Å². The fraction of sp³-hybridized carbons (Fsp3) is 0.263. The van der Waals surface area contributed by atoms with Gasteiger partial charge in [0.2, 0.25) is 0 Å². The number of hydrogen-bond donors (Lipinski definition) is 2. The highest BCUT2D eigenvalue weighted by atomic mass is 32.2. The van der Waals surface area contributed by atoms with Gasteiger partial charge in [-0.05, 0) is 29.8 Å². The van der Waals surface area contributed by atoms with E-state index in [4.69, 9.17) is 10.5 Å². The molecular formula is C19H20N6O2S. The van der Waals surface area contributed by atoms with Gasteiger partial charge in [-0.2, -0.15) is 0 Å². The average molecular weight is 396 g/mol. The van der Waals surface area contributed by atoms with E-state index in [0.717, 1.165) is 22.1 Å². The van der Waals surface area contributed by atoms with Crippen LogP contribution in [-0.2, 0) is 22.5 Å². The lowest BCUT2D eigenvalue weighted by atomic mass is 10.1. The molecule has 0 unspecified atom stereocenters. The molecule has 0 spiro atoms. The maximum Gasteiger partial charge on any atom is 0.302 e. The van der Waals surface area contributed by atoms with Crippen molar-refractivity contribution >= 4 is 45.6 Å². The van der Waals surface area contributed by atoms with Gasteiger partial charge in [-0.1, -0.05) is 25.1 Å². The first-order valence-corrected chi connectivity index (χ1v) is 9.77. The normalized spacial score (nSPS) is 11.4. The highest BCUT2D eigenvalue weighted by Gasteiger charge is 2.19. The van der Waals surface area contributed by atoms with Crippen molar-refractivity contribution in [2.45, 2.75) is 37.0 Å². The molecule has 0 radical (unpaired) electrons. The number of ether oxygens (including phenoxy) is 1. The minimum Gasteiger partial charge on any atom is -0.464 e. The van der Waals surface area contributed by atoms with E-state index in [2.05, 4.69) is 39.0 Å². The second kappa shape index (κ2) is 7.51. The molecule has 3 aromatic heterocycles. The molecule has 144 valence electrons. The number of nitrogen functional groups attached to an aromatic ring is 1. The molecule has 0 amide bonds. The third-order valence-electron chi connectivity index (χ3n) is 4.47. The molecule has 8 nitrogen and oxygen atoms in total. The Labute approximate surface area is 165 Å². The third-order valence-corrected chi connectivity index (χ3v) is 5.51. The molecule has 0 atom stereocenters. The molecule has 0 aliphatic rings. The molecule has 0 saturated heterocycles. The van der Waals surface area contributed by atoms with E-state index in [1.165, 1.54) is 36.0 Å². The van der Waals surface area contributed by atoms with Crippen LogP contribution in [0.4, 0.5) is 5.82 Å². The van der Waals surface area contributed by atoms with Gasteiger partial charge < -0.3 is 15.5 Å². The zero-order valence-electron chi connectivity index (χ0n) is 15.6. The van der Waals surface area contributed by atoms with Gasteiger partial charge in [0.1, 0.15) is 12.9 Å². The van der Waals surface area contributed by atoms with Crippen LogP contribution in [0.15, 0.2) is 40.8 Å². The van der Waals surface area contributed by atoms with Crippen LogP contribution in [0.2, 0.25) is 0 Å². The van der Waals surface area contributed by atoms with Crippen LogP contribution >= 0.6 is 11.8 Å². The summed E-state index contributed by atoms with van der Waals surface area (Å²) in [6, 6.07) is 8.22. The van der Waals surface area contributed by atoms with Crippen molar-refractivity contribution in [3.05, 3.63) is 36.2 Å². The van der Waals surface area contributed by atoms with Gasteiger partial charge in [0.05, 0.1) is 11.6 Å². The summed E-state index contributed by atoms with van der Waals surface area (Å²) >= 11 is 1.52. The van der Waals surface area contributed by atoms with Crippen molar-refractivity contribution in [3.63, 3.8) is 0 Å². The highest BCUT2D eigenvalue weighted by molar-refractivity contribution is 7.99. The van der Waals surface area contributed by atoms with Gasteiger partial charge in [-0.25, -0.2) is 15.0 Å². The Bertz CT molecular complexity index is 1170. The SMILES string of the molecule is CCc1c(Sc2nc3c(N)ncnc3n2CCOC(C)=O)[nH]c2ccccc12. The van der Waals surface area contributed by atoms with E-state index in [9.17, 15) is 4.79 Å². The van der Waals surface area contributed by atoms with Crippen molar-refractivity contribution in [1.29, 1.82) is 0 Å². The summed E-state index contributed by atoms with van der Waals surface area (Å²) in [6.45, 7) is 4.18. The lowest BCUT2D eigenvalue weighted by molar-refractivity contribution is -0.141. The molecular weight excluding hydrogens is 376 g/mol. The minimum absolute atomic E-state index is 0.228. The highest BCUT2D eigenvalue weighted by Crippen LogP contribution is 2.36. The Morgan fingerprint density at radius 3 is 2.93 bits per heavy atom. The summed E-state index contributed by atoms with van der Waals surface area (Å²) in [5.74, 6) is 0.00194. The molecule has 1 aromatic carbocycles. The van der Waals surface area contributed by atoms with Crippen molar-refractivity contribution in [3.8, 4) is 0 Å². The monoisotopic (exact) mass is 396 g/mol. The van der Waals surface area contributed by atoms with E-state index in [1.807, 2.05) is 16.7 Å². The van der Waals surface area contributed by atoms with E-state index in [0.29, 0.717) is 23.5 Å². The van der Waals surface area contributed by atoms with Gasteiger partial charge in [0.15, 0.2) is 22.1 Å². The number of benzene rings is 1. The average Bonchev–Trinajstić information content (AvgIpc) is 3.20. The quantitative estimate of drug-likeness (QED) is 0.481. The fourth-order valence-electron chi connectivity index (χ4n) is 3.20. The predicted molar refractivity (Wildman–Crippen MR) is 108 cm³/mol. The summed E-state index contributed by atoms with van der Waals surface area (Å²) < 4.78 is 7.02. The number of para-hydroxylation sites is 1. The summed E-state index contributed by atoms with van der Waals surface area (Å²) in [6.07, 6.45) is 2.30. The number of aromatic nitrogens is 5. The molecule has 0 aliphatic carbocycles. The number of rotatable bonds is 6. The summed E-state index contributed by atoms with van der Waals surface area (Å²) in [4.78, 5) is 27.7. The zero-order chi connectivity index (χ0) is 19.7. The summed E-state index contributed by atoms with van der Waals surface area (Å²) in [5.41, 5.74) is 9.48. The van der Waals surface area contributed by atoms with Gasteiger partial charge >= 0.3 is 5.97 Å². The number of anilines is 1. The van der Waals surface area contributed by atoms with Crippen LogP contribution in [0.3, 0.4) is 0 Å². The Kier molecular flexibility index (Phi) is 4.91. The molecule has 28 heavy (non-hydrogen) atoms. The second-order valence-electron chi connectivity index (χ2n) is 6.25. The molecule has 0 bridgehead atoms. The number of carbonyl (C=O) groups is 1. The van der Waals surface area contributed by atoms with E-state index >= 15 is 0 Å². The number of esters is 1. The topological polar surface area (TPSA) is 112 Å². The van der Waals surface area contributed by atoms with Gasteiger partial charge in [-0.15, -0.1) is 0 Å². The van der Waals surface area contributed by atoms with Crippen molar-refractivity contribution in [1.82, 2.24) is 24.5 Å². The van der Waals surface area contributed by atoms with Crippen molar-refractivity contribution in [2.24, 2.45) is 0 Å². The van der Waals surface area contributed by atoms with Crippen molar-refractivity contribution < 1.29 is 9.53 Å². The number of H-pyrrole nitrogens is 1. The summed E-state index contributed by atoms with van der Waals surface area (Å²) in [5, 5.41) is 2.95.